The van der Waals surface area contributed by atoms with Crippen LogP contribution < -0.4 is 5.32 Å². The van der Waals surface area contributed by atoms with Crippen LogP contribution in [0.15, 0.2) is 12.7 Å². The Balaban J connectivity index is 4.41. The third-order valence-corrected chi connectivity index (χ3v) is 2.53. The van der Waals surface area contributed by atoms with E-state index in [1.165, 1.54) is 4.90 Å². The molecule has 0 atom stereocenters. The third-order valence-electron chi connectivity index (χ3n) is 2.53. The number of likely N-dealkylation sites (N-methyl/N-ethyl adjacent to an activating group) is 1. The maximum absolute atomic E-state index is 11.7. The number of carbonyl (C=O) groups is 3. The summed E-state index contributed by atoms with van der Waals surface area (Å²) < 4.78 is 0. The molecule has 0 aliphatic rings. The highest BCUT2D eigenvalue weighted by Crippen LogP contribution is 2.24. The van der Waals surface area contributed by atoms with Crippen LogP contribution in [-0.2, 0) is 9.59 Å². The first-order chi connectivity index (χ1) is 8.71. The fourth-order valence-corrected chi connectivity index (χ4v) is 1.66. The SMILES string of the molecule is C=CCN(CC)C(=O)NC(=O)CC(C)(C)CC(=O)O. The first-order valence-electron chi connectivity index (χ1n) is 6.13. The summed E-state index contributed by atoms with van der Waals surface area (Å²) in [6.45, 7) is 9.49. The van der Waals surface area contributed by atoms with Crippen molar-refractivity contribution in [1.82, 2.24) is 10.2 Å². The molecule has 0 aliphatic carbocycles. The predicted octanol–water partition coefficient (Wildman–Crippen LogP) is 1.62. The van der Waals surface area contributed by atoms with E-state index in [0.717, 1.165) is 0 Å². The number of carboxylic acids is 1. The van der Waals surface area contributed by atoms with Crippen molar-refractivity contribution >= 4 is 17.9 Å². The second kappa shape index (κ2) is 7.56. The fraction of sp³-hybridized carbons (Fsp3) is 0.615. The molecule has 0 heterocycles. The standard InChI is InChI=1S/C13H22N2O4/c1-5-7-15(6-2)12(19)14-10(16)8-13(3,4)9-11(17)18/h5H,1,6-9H2,2-4H3,(H,17,18)(H,14,16,19). The molecule has 0 aliphatic heterocycles. The van der Waals surface area contributed by atoms with Gasteiger partial charge in [0, 0.05) is 19.5 Å². The van der Waals surface area contributed by atoms with Crippen LogP contribution in [0.25, 0.3) is 0 Å². The topological polar surface area (TPSA) is 86.7 Å². The molecule has 6 nitrogen and oxygen atoms in total. The minimum Gasteiger partial charge on any atom is -0.481 e. The first kappa shape index (κ1) is 17.2. The smallest absolute Gasteiger partial charge is 0.324 e. The van der Waals surface area contributed by atoms with Crippen LogP contribution in [0.2, 0.25) is 0 Å². The molecule has 6 heteroatoms. The third kappa shape index (κ3) is 7.23. The van der Waals surface area contributed by atoms with E-state index in [-0.39, 0.29) is 12.8 Å². The molecule has 0 fully saturated rings. The van der Waals surface area contributed by atoms with Gasteiger partial charge in [0.05, 0.1) is 6.42 Å². The van der Waals surface area contributed by atoms with Gasteiger partial charge in [0.25, 0.3) is 0 Å². The second-order valence-electron chi connectivity index (χ2n) is 5.09. The van der Waals surface area contributed by atoms with Crippen molar-refractivity contribution in [2.24, 2.45) is 5.41 Å². The summed E-state index contributed by atoms with van der Waals surface area (Å²) in [5, 5.41) is 11.0. The van der Waals surface area contributed by atoms with Crippen molar-refractivity contribution in [2.75, 3.05) is 13.1 Å². The number of carboxylic acid groups (broad SMARTS) is 1. The van der Waals surface area contributed by atoms with Gasteiger partial charge in [-0.05, 0) is 12.3 Å². The number of amides is 3. The van der Waals surface area contributed by atoms with Crippen molar-refractivity contribution in [3.63, 3.8) is 0 Å². The zero-order chi connectivity index (χ0) is 15.1. The highest BCUT2D eigenvalue weighted by Gasteiger charge is 2.26. The maximum Gasteiger partial charge on any atom is 0.324 e. The summed E-state index contributed by atoms with van der Waals surface area (Å²) in [5.74, 6) is -1.44. The molecule has 2 N–H and O–H groups in total. The number of imide groups is 1. The van der Waals surface area contributed by atoms with Gasteiger partial charge in [-0.1, -0.05) is 19.9 Å². The Hall–Kier alpha value is -1.85. The molecular formula is C13H22N2O4. The number of hydrogen-bond acceptors (Lipinski definition) is 3. The summed E-state index contributed by atoms with van der Waals surface area (Å²) >= 11 is 0. The lowest BCUT2D eigenvalue weighted by Crippen LogP contribution is -2.44. The number of nitrogens with one attached hydrogen (secondary N) is 1. The number of hydrogen-bond donors (Lipinski definition) is 2. The number of nitrogens with zero attached hydrogens (tertiary/aromatic N) is 1. The molecule has 108 valence electrons. The molecule has 0 bridgehead atoms. The minimum absolute atomic E-state index is 0.0172. The molecule has 0 aromatic carbocycles. The number of carbonyl (C=O) groups excluding carboxylic acids is 2. The van der Waals surface area contributed by atoms with E-state index in [1.807, 2.05) is 0 Å². The molecule has 0 saturated carbocycles. The van der Waals surface area contributed by atoms with Gasteiger partial charge in [0.1, 0.15) is 0 Å². The first-order valence-corrected chi connectivity index (χ1v) is 6.13. The number of rotatable bonds is 7. The molecule has 0 aromatic heterocycles. The van der Waals surface area contributed by atoms with Crippen LogP contribution in [-0.4, -0.2) is 41.0 Å². The predicted molar refractivity (Wildman–Crippen MR) is 71.6 cm³/mol. The van der Waals surface area contributed by atoms with E-state index in [4.69, 9.17) is 5.11 Å². The van der Waals surface area contributed by atoms with Crippen molar-refractivity contribution in [3.05, 3.63) is 12.7 Å². The number of urea groups is 1. The fourth-order valence-electron chi connectivity index (χ4n) is 1.66. The molecule has 3 amide bonds. The van der Waals surface area contributed by atoms with E-state index >= 15 is 0 Å². The lowest BCUT2D eigenvalue weighted by molar-refractivity contribution is -0.139. The van der Waals surface area contributed by atoms with Crippen LogP contribution in [0.4, 0.5) is 4.79 Å². The van der Waals surface area contributed by atoms with E-state index < -0.39 is 23.3 Å². The Morgan fingerprint density at radius 1 is 1.32 bits per heavy atom. The van der Waals surface area contributed by atoms with Crippen LogP contribution in [0.3, 0.4) is 0 Å². The van der Waals surface area contributed by atoms with Gasteiger partial charge in [-0.25, -0.2) is 4.79 Å². The Bertz CT molecular complexity index is 364. The lowest BCUT2D eigenvalue weighted by atomic mass is 9.85. The molecule has 0 spiro atoms. The van der Waals surface area contributed by atoms with Crippen molar-refractivity contribution in [1.29, 1.82) is 0 Å². The van der Waals surface area contributed by atoms with E-state index in [2.05, 4.69) is 11.9 Å². The summed E-state index contributed by atoms with van der Waals surface area (Å²) in [4.78, 5) is 35.5. The Morgan fingerprint density at radius 2 is 1.89 bits per heavy atom. The zero-order valence-electron chi connectivity index (χ0n) is 11.7. The molecule has 0 aromatic rings. The summed E-state index contributed by atoms with van der Waals surface area (Å²) in [6.07, 6.45) is 1.43. The van der Waals surface area contributed by atoms with Gasteiger partial charge < -0.3 is 10.0 Å². The van der Waals surface area contributed by atoms with Gasteiger partial charge in [-0.2, -0.15) is 0 Å². The monoisotopic (exact) mass is 270 g/mol. The summed E-state index contributed by atoms with van der Waals surface area (Å²) in [6, 6.07) is -0.487. The molecule has 19 heavy (non-hydrogen) atoms. The van der Waals surface area contributed by atoms with Gasteiger partial charge in [0.2, 0.25) is 5.91 Å². The number of aliphatic carboxylic acids is 1. The highest BCUT2D eigenvalue weighted by molar-refractivity contribution is 5.94. The highest BCUT2D eigenvalue weighted by atomic mass is 16.4. The minimum atomic E-state index is -0.967. The van der Waals surface area contributed by atoms with Crippen LogP contribution in [0.1, 0.15) is 33.6 Å². The van der Waals surface area contributed by atoms with E-state index in [0.29, 0.717) is 13.1 Å². The maximum atomic E-state index is 11.7. The van der Waals surface area contributed by atoms with Crippen LogP contribution >= 0.6 is 0 Å². The molecule has 0 saturated heterocycles. The van der Waals surface area contributed by atoms with Crippen LogP contribution in [0.5, 0.6) is 0 Å². The molecule has 0 rings (SSSR count). The molecule has 0 unspecified atom stereocenters. The van der Waals surface area contributed by atoms with Crippen molar-refractivity contribution in [3.8, 4) is 0 Å². The molecular weight excluding hydrogens is 248 g/mol. The average Bonchev–Trinajstić information content (AvgIpc) is 2.22. The Kier molecular flexibility index (Phi) is 6.82. The van der Waals surface area contributed by atoms with Gasteiger partial charge >= 0.3 is 12.0 Å². The van der Waals surface area contributed by atoms with Gasteiger partial charge in [0.15, 0.2) is 0 Å². The summed E-state index contributed by atoms with van der Waals surface area (Å²) in [7, 11) is 0. The lowest BCUT2D eigenvalue weighted by Gasteiger charge is -2.23. The largest absolute Gasteiger partial charge is 0.481 e. The normalized spacial score (nSPS) is 10.7. The Morgan fingerprint density at radius 3 is 2.32 bits per heavy atom. The van der Waals surface area contributed by atoms with Gasteiger partial charge in [-0.15, -0.1) is 6.58 Å². The summed E-state index contributed by atoms with van der Waals surface area (Å²) in [5.41, 5.74) is -0.689. The van der Waals surface area contributed by atoms with E-state index in [9.17, 15) is 14.4 Å². The second-order valence-corrected chi connectivity index (χ2v) is 5.09. The quantitative estimate of drug-likeness (QED) is 0.688. The van der Waals surface area contributed by atoms with E-state index in [1.54, 1.807) is 26.8 Å². The Labute approximate surface area is 113 Å². The van der Waals surface area contributed by atoms with Crippen LogP contribution in [0, 0.1) is 5.41 Å². The average molecular weight is 270 g/mol. The zero-order valence-corrected chi connectivity index (χ0v) is 11.7. The van der Waals surface area contributed by atoms with Crippen molar-refractivity contribution < 1.29 is 19.5 Å². The van der Waals surface area contributed by atoms with Crippen molar-refractivity contribution in [2.45, 2.75) is 33.6 Å². The van der Waals surface area contributed by atoms with Gasteiger partial charge in [-0.3, -0.25) is 14.9 Å². The molecule has 0 radical (unpaired) electrons.